The number of alkyl halides is 3. The van der Waals surface area contributed by atoms with Gasteiger partial charge in [0.25, 0.3) is 0 Å². The third kappa shape index (κ3) is 3.57. The van der Waals surface area contributed by atoms with Gasteiger partial charge >= 0.3 is 6.18 Å². The number of fused-ring (bicyclic) bond motifs is 2. The van der Waals surface area contributed by atoms with Gasteiger partial charge in [0.2, 0.25) is 5.95 Å². The topological polar surface area (TPSA) is 83.2 Å². The number of hydrogen-bond acceptors (Lipinski definition) is 5. The Balaban J connectivity index is 1.67. The third-order valence-corrected chi connectivity index (χ3v) is 6.70. The average molecular weight is 504 g/mol. The number of anilines is 1. The van der Waals surface area contributed by atoms with Crippen molar-refractivity contribution in [3.8, 4) is 11.4 Å². The molecular weight excluding hydrogens is 483 g/mol. The lowest BCUT2D eigenvalue weighted by Crippen LogP contribution is -2.58. The maximum atomic E-state index is 14.4. The zero-order chi connectivity index (χ0) is 26.0. The van der Waals surface area contributed by atoms with Crippen LogP contribution in [0.5, 0.6) is 5.75 Å². The lowest BCUT2D eigenvalue weighted by Gasteiger charge is -2.49. The molecule has 0 fully saturated rings. The largest absolute Gasteiger partial charge is 0.505 e. The predicted octanol–water partition coefficient (Wildman–Crippen LogP) is 5.53. The quantitative estimate of drug-likeness (QED) is 0.252. The smallest absolute Gasteiger partial charge is 0.419 e. The van der Waals surface area contributed by atoms with Gasteiger partial charge in [-0.1, -0.05) is 26.0 Å². The van der Waals surface area contributed by atoms with Gasteiger partial charge in [0.1, 0.15) is 0 Å². The summed E-state index contributed by atoms with van der Waals surface area (Å²) in [4.78, 5) is 3.60. The summed E-state index contributed by atoms with van der Waals surface area (Å²) in [6, 6.07) is 7.64. The second kappa shape index (κ2) is 7.89. The van der Waals surface area contributed by atoms with Gasteiger partial charge in [-0.25, -0.2) is 14.1 Å². The molecule has 3 N–H and O–H groups in total. The van der Waals surface area contributed by atoms with E-state index < -0.39 is 47.2 Å². The number of aliphatic hydroxyl groups is 1. The molecule has 0 saturated heterocycles. The van der Waals surface area contributed by atoms with Crippen LogP contribution in [0.25, 0.3) is 16.6 Å². The normalized spacial score (nSPS) is 21.4. The summed E-state index contributed by atoms with van der Waals surface area (Å²) in [5.74, 6) is -2.39. The molecular formula is C25H21F5N4O2. The van der Waals surface area contributed by atoms with Gasteiger partial charge in [-0.05, 0) is 47.7 Å². The molecule has 36 heavy (non-hydrogen) atoms. The lowest BCUT2D eigenvalue weighted by molar-refractivity contribution is -0.276. The Morgan fingerprint density at radius 2 is 1.81 bits per heavy atom. The summed E-state index contributed by atoms with van der Waals surface area (Å²) in [5, 5.41) is 29.1. The molecule has 2 aromatic carbocycles. The highest BCUT2D eigenvalue weighted by atomic mass is 19.4. The van der Waals surface area contributed by atoms with E-state index in [1.807, 2.05) is 0 Å². The molecule has 11 heteroatoms. The van der Waals surface area contributed by atoms with Crippen LogP contribution in [0.3, 0.4) is 0 Å². The van der Waals surface area contributed by atoms with Crippen LogP contribution in [0.1, 0.15) is 37.4 Å². The van der Waals surface area contributed by atoms with Crippen molar-refractivity contribution in [2.75, 3.05) is 5.32 Å². The van der Waals surface area contributed by atoms with Gasteiger partial charge in [0.05, 0.1) is 29.6 Å². The molecule has 0 amide bonds. The minimum Gasteiger partial charge on any atom is -0.505 e. The van der Waals surface area contributed by atoms with E-state index in [0.717, 1.165) is 18.2 Å². The molecule has 6 nitrogen and oxygen atoms in total. The Morgan fingerprint density at radius 1 is 1.06 bits per heavy atom. The second-order valence-corrected chi connectivity index (χ2v) is 9.55. The van der Waals surface area contributed by atoms with Crippen molar-refractivity contribution in [3.63, 3.8) is 0 Å². The van der Waals surface area contributed by atoms with Gasteiger partial charge in [-0.2, -0.15) is 22.7 Å². The third-order valence-electron chi connectivity index (χ3n) is 6.70. The van der Waals surface area contributed by atoms with Gasteiger partial charge in [0, 0.05) is 16.6 Å². The minimum atomic E-state index is -5.05. The Hall–Kier alpha value is -3.73. The van der Waals surface area contributed by atoms with Crippen LogP contribution in [-0.2, 0) is 5.41 Å². The number of nitrogens with zero attached hydrogens (tertiary/aromatic N) is 3. The van der Waals surface area contributed by atoms with E-state index >= 15 is 0 Å². The van der Waals surface area contributed by atoms with E-state index in [2.05, 4.69) is 15.4 Å². The van der Waals surface area contributed by atoms with E-state index in [1.165, 1.54) is 43.1 Å². The summed E-state index contributed by atoms with van der Waals surface area (Å²) in [6.45, 7) is 2.83. The number of aromatic nitrogens is 3. The molecule has 1 aliphatic rings. The fourth-order valence-corrected chi connectivity index (χ4v) is 5.15. The van der Waals surface area contributed by atoms with Gasteiger partial charge in [0.15, 0.2) is 17.2 Å². The first-order valence-corrected chi connectivity index (χ1v) is 11.0. The number of nitrogens with one attached hydrogen (secondary N) is 1. The van der Waals surface area contributed by atoms with Crippen molar-refractivity contribution in [1.82, 2.24) is 14.8 Å². The Bertz CT molecular complexity index is 1470. The van der Waals surface area contributed by atoms with Crippen LogP contribution < -0.4 is 5.32 Å². The van der Waals surface area contributed by atoms with Crippen LogP contribution in [0.15, 0.2) is 54.9 Å². The van der Waals surface area contributed by atoms with Crippen molar-refractivity contribution in [2.24, 2.45) is 0 Å². The molecule has 0 bridgehead atoms. The SMILES string of the molecule is CC1(C)C[C@@](O)(C(F)(F)F)[C@@H](Nc2cccc3c2cnn3-c2ccc(F)nc2)c2ccc(F)c(O)c21. The molecule has 0 spiro atoms. The highest BCUT2D eigenvalue weighted by molar-refractivity contribution is 5.92. The first-order chi connectivity index (χ1) is 16.8. The van der Waals surface area contributed by atoms with E-state index in [4.69, 9.17) is 0 Å². The number of pyridine rings is 1. The monoisotopic (exact) mass is 504 g/mol. The Labute approximate surface area is 202 Å². The minimum absolute atomic E-state index is 0.00539. The molecule has 1 aliphatic carbocycles. The van der Waals surface area contributed by atoms with Crippen molar-refractivity contribution < 1.29 is 32.2 Å². The maximum Gasteiger partial charge on any atom is 0.419 e. The van der Waals surface area contributed by atoms with Gasteiger partial charge in [-0.3, -0.25) is 0 Å². The van der Waals surface area contributed by atoms with Crippen LogP contribution in [-0.4, -0.2) is 36.8 Å². The Kier molecular flexibility index (Phi) is 5.26. The zero-order valence-corrected chi connectivity index (χ0v) is 19.1. The van der Waals surface area contributed by atoms with E-state index in [1.54, 1.807) is 12.1 Å². The van der Waals surface area contributed by atoms with Crippen molar-refractivity contribution >= 4 is 16.6 Å². The highest BCUT2D eigenvalue weighted by Gasteiger charge is 2.64. The highest BCUT2D eigenvalue weighted by Crippen LogP contribution is 2.56. The summed E-state index contributed by atoms with van der Waals surface area (Å²) in [6.07, 6.45) is -3.19. The van der Waals surface area contributed by atoms with Crippen LogP contribution in [0.4, 0.5) is 27.6 Å². The fraction of sp³-hybridized carbons (Fsp3) is 0.280. The first kappa shape index (κ1) is 24.0. The van der Waals surface area contributed by atoms with Crippen LogP contribution in [0.2, 0.25) is 0 Å². The second-order valence-electron chi connectivity index (χ2n) is 9.55. The molecule has 188 valence electrons. The molecule has 5 rings (SSSR count). The van der Waals surface area contributed by atoms with Crippen molar-refractivity contribution in [1.29, 1.82) is 0 Å². The molecule has 0 aliphatic heterocycles. The molecule has 0 saturated carbocycles. The number of phenolic OH excluding ortho intramolecular Hbond substituents is 1. The summed E-state index contributed by atoms with van der Waals surface area (Å²) >= 11 is 0. The number of hydrogen-bond donors (Lipinski definition) is 3. The van der Waals surface area contributed by atoms with Crippen LogP contribution in [0, 0.1) is 11.8 Å². The van der Waals surface area contributed by atoms with Crippen molar-refractivity contribution in [2.45, 2.75) is 43.5 Å². The van der Waals surface area contributed by atoms with E-state index in [0.29, 0.717) is 16.6 Å². The summed E-state index contributed by atoms with van der Waals surface area (Å²) in [7, 11) is 0. The summed E-state index contributed by atoms with van der Waals surface area (Å²) in [5.41, 5.74) is -3.58. The zero-order valence-electron chi connectivity index (χ0n) is 19.1. The number of rotatable bonds is 3. The molecule has 0 radical (unpaired) electrons. The Morgan fingerprint density at radius 3 is 2.47 bits per heavy atom. The van der Waals surface area contributed by atoms with E-state index in [-0.39, 0.29) is 16.8 Å². The molecule has 2 aromatic heterocycles. The number of benzene rings is 2. The molecule has 2 heterocycles. The van der Waals surface area contributed by atoms with Crippen LogP contribution >= 0.6 is 0 Å². The number of aromatic hydroxyl groups is 1. The number of phenols is 1. The van der Waals surface area contributed by atoms with Gasteiger partial charge in [-0.15, -0.1) is 0 Å². The first-order valence-electron chi connectivity index (χ1n) is 11.0. The molecule has 0 unspecified atom stereocenters. The maximum absolute atomic E-state index is 14.4. The predicted molar refractivity (Wildman–Crippen MR) is 122 cm³/mol. The summed E-state index contributed by atoms with van der Waals surface area (Å²) < 4.78 is 72.1. The van der Waals surface area contributed by atoms with E-state index in [9.17, 15) is 32.2 Å². The molecule has 4 aromatic rings. The standard InChI is InChI=1S/C25H21F5N4O2/c1-23(2)12-24(36,25(28,29)30)22(14-7-8-16(26)21(35)20(14)23)33-17-4-3-5-18-15(17)11-32-34(18)13-6-9-19(27)31-10-13/h3-11,22,33,35-36H,12H2,1-2H3/t22-,24-/m0/s1. The fourth-order valence-electron chi connectivity index (χ4n) is 5.15. The van der Waals surface area contributed by atoms with Gasteiger partial charge < -0.3 is 15.5 Å². The van der Waals surface area contributed by atoms with Crippen molar-refractivity contribution in [3.05, 3.63) is 77.8 Å². The lowest BCUT2D eigenvalue weighted by atomic mass is 9.63. The average Bonchev–Trinajstić information content (AvgIpc) is 3.23. The number of halogens is 5. The molecule has 2 atom stereocenters.